The van der Waals surface area contributed by atoms with E-state index in [0.29, 0.717) is 23.9 Å². The van der Waals surface area contributed by atoms with Gasteiger partial charge in [-0.15, -0.1) is 0 Å². The summed E-state index contributed by atoms with van der Waals surface area (Å²) in [5.41, 5.74) is 0.593. The van der Waals surface area contributed by atoms with Gasteiger partial charge in [0.1, 0.15) is 0 Å². The predicted molar refractivity (Wildman–Crippen MR) is 90.9 cm³/mol. The molecular weight excluding hydrogens is 322 g/mol. The minimum absolute atomic E-state index is 0.256. The largest absolute Gasteiger partial charge is 0.465 e. The molecule has 6 nitrogen and oxygen atoms in total. The average molecular weight is 345 g/mol. The molecule has 0 unspecified atom stereocenters. The zero-order valence-corrected chi connectivity index (χ0v) is 14.3. The maximum atomic E-state index is 12.0. The Morgan fingerprint density at radius 1 is 1.16 bits per heavy atom. The third-order valence-corrected chi connectivity index (χ3v) is 5.28. The Labute approximate surface area is 146 Å². The summed E-state index contributed by atoms with van der Waals surface area (Å²) in [7, 11) is 1.28. The lowest BCUT2D eigenvalue weighted by Gasteiger charge is -2.20. The monoisotopic (exact) mass is 345 g/mol. The molecule has 2 fully saturated rings. The van der Waals surface area contributed by atoms with Crippen LogP contribution >= 0.6 is 0 Å². The number of methoxy groups -OCH3 is 1. The third kappa shape index (κ3) is 4.18. The van der Waals surface area contributed by atoms with Crippen LogP contribution in [0.1, 0.15) is 42.5 Å². The van der Waals surface area contributed by atoms with Crippen molar-refractivity contribution in [2.24, 2.45) is 17.8 Å². The molecule has 1 N–H and O–H groups in total. The van der Waals surface area contributed by atoms with Crippen LogP contribution in [-0.2, 0) is 19.1 Å². The Morgan fingerprint density at radius 3 is 2.64 bits per heavy atom. The highest BCUT2D eigenvalue weighted by Gasteiger charge is 2.40. The molecule has 6 heteroatoms. The van der Waals surface area contributed by atoms with E-state index < -0.39 is 11.9 Å². The molecule has 2 saturated carbocycles. The first kappa shape index (κ1) is 17.5. The van der Waals surface area contributed by atoms with Crippen LogP contribution in [0, 0.1) is 17.8 Å². The third-order valence-electron chi connectivity index (χ3n) is 5.28. The van der Waals surface area contributed by atoms with Gasteiger partial charge in [0, 0.05) is 6.42 Å². The molecule has 3 atom stereocenters. The summed E-state index contributed by atoms with van der Waals surface area (Å²) in [5, 5.41) is 2.58. The number of hydrogen-bond acceptors (Lipinski definition) is 5. The van der Waals surface area contributed by atoms with Gasteiger partial charge in [0.2, 0.25) is 0 Å². The van der Waals surface area contributed by atoms with Crippen LogP contribution < -0.4 is 5.32 Å². The lowest BCUT2D eigenvalue weighted by atomic mass is 9.86. The van der Waals surface area contributed by atoms with Crippen molar-refractivity contribution >= 4 is 23.5 Å². The molecule has 25 heavy (non-hydrogen) atoms. The highest BCUT2D eigenvalue weighted by atomic mass is 16.5. The molecule has 134 valence electrons. The zero-order chi connectivity index (χ0) is 17.8. The number of fused-ring (bicyclic) bond motifs is 2. The van der Waals surface area contributed by atoms with E-state index in [0.717, 1.165) is 12.3 Å². The summed E-state index contributed by atoms with van der Waals surface area (Å²) in [5.74, 6) is 0.504. The number of amides is 1. The lowest BCUT2D eigenvalue weighted by molar-refractivity contribution is -0.148. The summed E-state index contributed by atoms with van der Waals surface area (Å²) in [6.07, 6.45) is 5.25. The molecule has 3 rings (SSSR count). The van der Waals surface area contributed by atoms with Crippen molar-refractivity contribution in [3.63, 3.8) is 0 Å². The molecule has 2 aliphatic carbocycles. The number of benzene rings is 1. The van der Waals surface area contributed by atoms with Crippen molar-refractivity contribution in [3.05, 3.63) is 29.8 Å². The Bertz CT molecular complexity index is 672. The lowest BCUT2D eigenvalue weighted by Crippen LogP contribution is -2.24. The number of carbonyl (C=O) groups excluding carboxylic acids is 3. The van der Waals surface area contributed by atoms with E-state index in [1.807, 2.05) is 0 Å². The Kier molecular flexibility index (Phi) is 5.36. The topological polar surface area (TPSA) is 81.7 Å². The molecule has 0 aliphatic heterocycles. The van der Waals surface area contributed by atoms with Crippen LogP contribution in [0.15, 0.2) is 24.3 Å². The maximum Gasteiger partial charge on any atom is 0.339 e. The normalized spacial score (nSPS) is 24.0. The highest BCUT2D eigenvalue weighted by Crippen LogP contribution is 2.49. The second-order valence-corrected chi connectivity index (χ2v) is 6.89. The number of ether oxygens (including phenoxy) is 2. The molecular formula is C19H23NO5. The summed E-state index contributed by atoms with van der Waals surface area (Å²) < 4.78 is 9.78. The Hall–Kier alpha value is -2.37. The van der Waals surface area contributed by atoms with Crippen molar-refractivity contribution in [2.75, 3.05) is 19.0 Å². The van der Waals surface area contributed by atoms with Gasteiger partial charge < -0.3 is 14.8 Å². The molecule has 2 aliphatic rings. The van der Waals surface area contributed by atoms with E-state index in [4.69, 9.17) is 4.74 Å². The number of para-hydroxylation sites is 1. The molecule has 1 aromatic rings. The summed E-state index contributed by atoms with van der Waals surface area (Å²) in [4.78, 5) is 35.7. The average Bonchev–Trinajstić information content (AvgIpc) is 3.23. The smallest absolute Gasteiger partial charge is 0.339 e. The van der Waals surface area contributed by atoms with Crippen molar-refractivity contribution in [2.45, 2.75) is 32.1 Å². The van der Waals surface area contributed by atoms with E-state index in [1.54, 1.807) is 24.3 Å². The first-order chi connectivity index (χ1) is 12.1. The van der Waals surface area contributed by atoms with Crippen molar-refractivity contribution in [1.29, 1.82) is 0 Å². The molecule has 0 saturated heterocycles. The van der Waals surface area contributed by atoms with Crippen LogP contribution in [-0.4, -0.2) is 31.6 Å². The van der Waals surface area contributed by atoms with Crippen LogP contribution in [0.2, 0.25) is 0 Å². The molecule has 0 heterocycles. The first-order valence-electron chi connectivity index (χ1n) is 8.69. The van der Waals surface area contributed by atoms with Crippen molar-refractivity contribution in [1.82, 2.24) is 0 Å². The minimum atomic E-state index is -0.538. The van der Waals surface area contributed by atoms with E-state index in [9.17, 15) is 14.4 Å². The van der Waals surface area contributed by atoms with E-state index in [1.165, 1.54) is 26.4 Å². The van der Waals surface area contributed by atoms with Gasteiger partial charge in [0.15, 0.2) is 6.61 Å². The standard InChI is InChI=1S/C19H23NO5/c1-24-19(23)15-4-2-3-5-16(15)20-17(21)11-25-18(22)10-14-9-12-6-7-13(14)8-12/h2-5,12-14H,6-11H2,1H3,(H,20,21)/t12-,13+,14+/m0/s1. The first-order valence-corrected chi connectivity index (χ1v) is 8.69. The number of carbonyl (C=O) groups is 3. The fourth-order valence-corrected chi connectivity index (χ4v) is 4.11. The van der Waals surface area contributed by atoms with Gasteiger partial charge in [0.05, 0.1) is 18.4 Å². The number of rotatable bonds is 6. The highest BCUT2D eigenvalue weighted by molar-refractivity contribution is 6.01. The Morgan fingerprint density at radius 2 is 1.96 bits per heavy atom. The fourth-order valence-electron chi connectivity index (χ4n) is 4.11. The minimum Gasteiger partial charge on any atom is -0.465 e. The second kappa shape index (κ2) is 7.68. The maximum absolute atomic E-state index is 12.0. The van der Waals surface area contributed by atoms with Crippen molar-refractivity contribution in [3.8, 4) is 0 Å². The number of hydrogen-bond donors (Lipinski definition) is 1. The fraction of sp³-hybridized carbons (Fsp3) is 0.526. The van der Waals surface area contributed by atoms with Crippen LogP contribution in [0.5, 0.6) is 0 Å². The number of anilines is 1. The van der Waals surface area contributed by atoms with Crippen LogP contribution in [0.3, 0.4) is 0 Å². The van der Waals surface area contributed by atoms with Crippen LogP contribution in [0.25, 0.3) is 0 Å². The molecule has 1 amide bonds. The SMILES string of the molecule is COC(=O)c1ccccc1NC(=O)COC(=O)C[C@H]1C[C@H]2CC[C@@H]1C2. The quantitative estimate of drug-likeness (QED) is 0.802. The zero-order valence-electron chi connectivity index (χ0n) is 14.3. The summed E-state index contributed by atoms with van der Waals surface area (Å²) >= 11 is 0. The van der Waals surface area contributed by atoms with Gasteiger partial charge >= 0.3 is 11.9 Å². The molecule has 1 aromatic carbocycles. The second-order valence-electron chi connectivity index (χ2n) is 6.89. The van der Waals surface area contributed by atoms with Gasteiger partial charge in [-0.3, -0.25) is 9.59 Å². The molecule has 0 aromatic heterocycles. The van der Waals surface area contributed by atoms with Gasteiger partial charge in [-0.2, -0.15) is 0 Å². The predicted octanol–water partition coefficient (Wildman–Crippen LogP) is 2.78. The summed E-state index contributed by atoms with van der Waals surface area (Å²) in [6, 6.07) is 6.53. The van der Waals surface area contributed by atoms with E-state index in [-0.39, 0.29) is 18.1 Å². The molecule has 2 bridgehead atoms. The van der Waals surface area contributed by atoms with Gasteiger partial charge in [0.25, 0.3) is 5.91 Å². The number of nitrogens with one attached hydrogen (secondary N) is 1. The van der Waals surface area contributed by atoms with Gasteiger partial charge in [-0.05, 0) is 49.1 Å². The van der Waals surface area contributed by atoms with E-state index >= 15 is 0 Å². The Balaban J connectivity index is 1.47. The van der Waals surface area contributed by atoms with Crippen molar-refractivity contribution < 1.29 is 23.9 Å². The van der Waals surface area contributed by atoms with E-state index in [2.05, 4.69) is 10.1 Å². The van der Waals surface area contributed by atoms with Crippen LogP contribution in [0.4, 0.5) is 5.69 Å². The van der Waals surface area contributed by atoms with Gasteiger partial charge in [-0.1, -0.05) is 18.6 Å². The molecule has 0 spiro atoms. The summed E-state index contributed by atoms with van der Waals surface area (Å²) in [6.45, 7) is -0.352. The number of esters is 2. The van der Waals surface area contributed by atoms with Gasteiger partial charge in [-0.25, -0.2) is 4.79 Å². The molecule has 0 radical (unpaired) electrons.